The predicted molar refractivity (Wildman–Crippen MR) is 101 cm³/mol. The number of benzene rings is 1. The molecule has 0 spiro atoms. The minimum Gasteiger partial charge on any atom is -0.391 e. The molecule has 0 aliphatic heterocycles. The number of aromatic nitrogens is 5. The molecular weight excluding hydrogens is 326 g/mol. The summed E-state index contributed by atoms with van der Waals surface area (Å²) in [5.74, 6) is 3.55. The monoisotopic (exact) mass is 349 g/mol. The van der Waals surface area contributed by atoms with Crippen molar-refractivity contribution >= 4 is 16.9 Å². The van der Waals surface area contributed by atoms with Gasteiger partial charge in [0.2, 0.25) is 0 Å². The SMILES string of the molecule is CN/C(=C\C(=N)n1nc(C)nc1C)[C@H]1C[C@@H]1c1nc2ccccc2n1C. The number of allylic oxidation sites excluding steroid dienone is 2. The smallest absolute Gasteiger partial charge is 0.149 e. The lowest BCUT2D eigenvalue weighted by atomic mass is 10.2. The molecule has 0 bridgehead atoms. The predicted octanol–water partition coefficient (Wildman–Crippen LogP) is 2.51. The first kappa shape index (κ1) is 16.5. The first-order valence-corrected chi connectivity index (χ1v) is 8.79. The van der Waals surface area contributed by atoms with Crippen LogP contribution in [0.15, 0.2) is 36.0 Å². The highest BCUT2D eigenvalue weighted by Crippen LogP contribution is 2.50. The molecule has 26 heavy (non-hydrogen) atoms. The number of nitrogens with zero attached hydrogens (tertiary/aromatic N) is 5. The average molecular weight is 349 g/mol. The Morgan fingerprint density at radius 1 is 1.27 bits per heavy atom. The fourth-order valence-corrected chi connectivity index (χ4v) is 3.64. The molecule has 134 valence electrons. The third-order valence-corrected chi connectivity index (χ3v) is 5.03. The van der Waals surface area contributed by atoms with Crippen molar-refractivity contribution < 1.29 is 0 Å². The zero-order valence-corrected chi connectivity index (χ0v) is 15.5. The van der Waals surface area contributed by atoms with Crippen molar-refractivity contribution in [3.63, 3.8) is 0 Å². The summed E-state index contributed by atoms with van der Waals surface area (Å²) in [5.41, 5.74) is 3.23. The van der Waals surface area contributed by atoms with Gasteiger partial charge in [0, 0.05) is 37.7 Å². The van der Waals surface area contributed by atoms with Gasteiger partial charge in [-0.3, -0.25) is 5.41 Å². The Morgan fingerprint density at radius 3 is 2.69 bits per heavy atom. The quantitative estimate of drug-likeness (QED) is 0.560. The van der Waals surface area contributed by atoms with Gasteiger partial charge in [-0.1, -0.05) is 12.1 Å². The molecule has 1 aliphatic carbocycles. The van der Waals surface area contributed by atoms with Crippen LogP contribution in [0.25, 0.3) is 11.0 Å². The van der Waals surface area contributed by atoms with Crippen LogP contribution in [-0.4, -0.2) is 37.2 Å². The van der Waals surface area contributed by atoms with Crippen molar-refractivity contribution in [3.05, 3.63) is 53.5 Å². The molecule has 1 aliphatic rings. The van der Waals surface area contributed by atoms with Gasteiger partial charge in [0.05, 0.1) is 11.0 Å². The van der Waals surface area contributed by atoms with Crippen LogP contribution >= 0.6 is 0 Å². The minimum atomic E-state index is 0.322. The van der Waals surface area contributed by atoms with Crippen molar-refractivity contribution in [1.29, 1.82) is 5.41 Å². The average Bonchev–Trinajstić information content (AvgIpc) is 3.24. The number of imidazole rings is 1. The first-order valence-electron chi connectivity index (χ1n) is 8.79. The van der Waals surface area contributed by atoms with Gasteiger partial charge in [0.15, 0.2) is 0 Å². The molecule has 0 unspecified atom stereocenters. The molecule has 0 radical (unpaired) electrons. The lowest BCUT2D eigenvalue weighted by molar-refractivity contribution is 0.757. The fraction of sp³-hybridized carbons (Fsp3) is 0.368. The second kappa shape index (κ2) is 6.09. The van der Waals surface area contributed by atoms with Crippen molar-refractivity contribution in [1.82, 2.24) is 29.6 Å². The van der Waals surface area contributed by atoms with Crippen LogP contribution in [0.3, 0.4) is 0 Å². The van der Waals surface area contributed by atoms with Gasteiger partial charge >= 0.3 is 0 Å². The van der Waals surface area contributed by atoms with Crippen molar-refractivity contribution in [3.8, 4) is 0 Å². The van der Waals surface area contributed by atoms with E-state index in [0.29, 0.717) is 23.5 Å². The lowest BCUT2D eigenvalue weighted by Gasteiger charge is -2.08. The van der Waals surface area contributed by atoms with Gasteiger partial charge in [-0.05, 0) is 32.4 Å². The fourth-order valence-electron chi connectivity index (χ4n) is 3.64. The summed E-state index contributed by atoms with van der Waals surface area (Å²) in [5, 5.41) is 15.9. The van der Waals surface area contributed by atoms with Gasteiger partial charge in [-0.2, -0.15) is 0 Å². The van der Waals surface area contributed by atoms with Crippen molar-refractivity contribution in [2.75, 3.05) is 7.05 Å². The third kappa shape index (κ3) is 2.69. The van der Waals surface area contributed by atoms with Crippen LogP contribution in [0, 0.1) is 25.2 Å². The van der Waals surface area contributed by atoms with Crippen LogP contribution < -0.4 is 5.32 Å². The van der Waals surface area contributed by atoms with E-state index in [2.05, 4.69) is 39.1 Å². The number of nitrogens with one attached hydrogen (secondary N) is 2. The van der Waals surface area contributed by atoms with Gasteiger partial charge in [-0.25, -0.2) is 14.6 Å². The molecule has 2 N–H and O–H groups in total. The normalized spacial score (nSPS) is 19.8. The first-order chi connectivity index (χ1) is 12.5. The Hall–Kier alpha value is -2.96. The van der Waals surface area contributed by atoms with E-state index >= 15 is 0 Å². The van der Waals surface area contributed by atoms with E-state index in [0.717, 1.165) is 34.8 Å². The van der Waals surface area contributed by atoms with Gasteiger partial charge in [0.1, 0.15) is 23.3 Å². The van der Waals surface area contributed by atoms with Crippen LogP contribution in [-0.2, 0) is 7.05 Å². The van der Waals surface area contributed by atoms with Gasteiger partial charge < -0.3 is 9.88 Å². The number of hydrogen-bond donors (Lipinski definition) is 2. The highest BCUT2D eigenvalue weighted by molar-refractivity contribution is 5.92. The Balaban J connectivity index is 1.60. The molecule has 1 saturated carbocycles. The van der Waals surface area contributed by atoms with Gasteiger partial charge in [-0.15, -0.1) is 5.10 Å². The molecule has 7 nitrogen and oxygen atoms in total. The molecule has 2 aromatic heterocycles. The molecular formula is C19H23N7. The Morgan fingerprint density at radius 2 is 2.04 bits per heavy atom. The molecule has 4 rings (SSSR count). The molecule has 7 heteroatoms. The maximum atomic E-state index is 8.36. The second-order valence-corrected chi connectivity index (χ2v) is 6.82. The number of fused-ring (bicyclic) bond motifs is 1. The minimum absolute atomic E-state index is 0.322. The zero-order valence-electron chi connectivity index (χ0n) is 15.5. The van der Waals surface area contributed by atoms with Crippen LogP contribution in [0.4, 0.5) is 0 Å². The van der Waals surface area contributed by atoms with E-state index in [9.17, 15) is 0 Å². The third-order valence-electron chi connectivity index (χ3n) is 5.03. The van der Waals surface area contributed by atoms with Crippen LogP contribution in [0.2, 0.25) is 0 Å². The second-order valence-electron chi connectivity index (χ2n) is 6.82. The summed E-state index contributed by atoms with van der Waals surface area (Å²) in [6.07, 6.45) is 2.89. The topological polar surface area (TPSA) is 84.4 Å². The highest BCUT2D eigenvalue weighted by atomic mass is 15.4. The van der Waals surface area contributed by atoms with E-state index in [1.807, 2.05) is 39.1 Å². The Kier molecular flexibility index (Phi) is 3.86. The Labute approximate surface area is 152 Å². The lowest BCUT2D eigenvalue weighted by Crippen LogP contribution is -2.17. The summed E-state index contributed by atoms with van der Waals surface area (Å²) in [6, 6.07) is 8.22. The van der Waals surface area contributed by atoms with Gasteiger partial charge in [0.25, 0.3) is 0 Å². The molecule has 0 saturated heterocycles. The van der Waals surface area contributed by atoms with E-state index < -0.39 is 0 Å². The van der Waals surface area contributed by atoms with E-state index in [1.165, 1.54) is 0 Å². The highest BCUT2D eigenvalue weighted by Gasteiger charge is 2.44. The summed E-state index contributed by atoms with van der Waals surface area (Å²) < 4.78 is 3.75. The Bertz CT molecular complexity index is 1020. The number of para-hydroxylation sites is 2. The number of aryl methyl sites for hydroxylation is 3. The van der Waals surface area contributed by atoms with E-state index in [4.69, 9.17) is 10.4 Å². The molecule has 3 aromatic rings. The standard InChI is InChI=1S/C19H23N7/c1-11-22-12(2)26(24-11)18(20)10-16(21-3)13-9-14(13)19-23-15-7-5-6-8-17(15)25(19)4/h5-8,10,13-14,20-21H,9H2,1-4H3/b16-10-,20-18?/t13-,14-/m0/s1. The zero-order chi connectivity index (χ0) is 18.4. The number of hydrogen-bond acceptors (Lipinski definition) is 5. The molecule has 0 amide bonds. The van der Waals surface area contributed by atoms with Crippen LogP contribution in [0.5, 0.6) is 0 Å². The number of rotatable bonds is 4. The molecule has 2 heterocycles. The largest absolute Gasteiger partial charge is 0.391 e. The summed E-state index contributed by atoms with van der Waals surface area (Å²) in [4.78, 5) is 9.09. The molecule has 1 aromatic carbocycles. The van der Waals surface area contributed by atoms with E-state index in [1.54, 1.807) is 4.68 Å². The summed E-state index contributed by atoms with van der Waals surface area (Å²) in [7, 11) is 3.98. The van der Waals surface area contributed by atoms with Crippen LogP contribution in [0.1, 0.15) is 29.8 Å². The molecule has 1 fully saturated rings. The van der Waals surface area contributed by atoms with E-state index in [-0.39, 0.29) is 0 Å². The van der Waals surface area contributed by atoms with Crippen molar-refractivity contribution in [2.45, 2.75) is 26.2 Å². The maximum absolute atomic E-state index is 8.36. The van der Waals surface area contributed by atoms with Crippen molar-refractivity contribution in [2.24, 2.45) is 13.0 Å². The molecule has 2 atom stereocenters. The summed E-state index contributed by atoms with van der Waals surface area (Å²) in [6.45, 7) is 3.70. The summed E-state index contributed by atoms with van der Waals surface area (Å²) >= 11 is 0. The maximum Gasteiger partial charge on any atom is 0.149 e.